The summed E-state index contributed by atoms with van der Waals surface area (Å²) in [5.74, 6) is -0.737. The summed E-state index contributed by atoms with van der Waals surface area (Å²) >= 11 is 0. The summed E-state index contributed by atoms with van der Waals surface area (Å²) in [7, 11) is 0. The molecule has 1 aliphatic carbocycles. The molecule has 0 radical (unpaired) electrons. The zero-order valence-electron chi connectivity index (χ0n) is 9.69. The molecule has 1 aromatic rings. The van der Waals surface area contributed by atoms with Gasteiger partial charge in [0.25, 0.3) is 0 Å². The lowest BCUT2D eigenvalue weighted by Gasteiger charge is -2.04. The fourth-order valence-corrected chi connectivity index (χ4v) is 1.62. The van der Waals surface area contributed by atoms with Crippen molar-refractivity contribution in [3.05, 3.63) is 35.4 Å². The van der Waals surface area contributed by atoms with E-state index in [2.05, 4.69) is 17.4 Å². The Morgan fingerprint density at radius 3 is 2.35 bits per heavy atom. The van der Waals surface area contributed by atoms with Crippen LogP contribution in [0.3, 0.4) is 0 Å². The average Bonchev–Trinajstić information content (AvgIpc) is 3.09. The van der Waals surface area contributed by atoms with Crippen molar-refractivity contribution in [1.82, 2.24) is 5.32 Å². The zero-order valence-corrected chi connectivity index (χ0v) is 10.5. The number of aliphatic carboxylic acids is 1. The van der Waals surface area contributed by atoms with Crippen molar-refractivity contribution >= 4 is 18.4 Å². The van der Waals surface area contributed by atoms with Gasteiger partial charge in [0.2, 0.25) is 0 Å². The summed E-state index contributed by atoms with van der Waals surface area (Å²) in [6.45, 7) is 0.921. The number of carboxylic acid groups (broad SMARTS) is 1. The second-order valence-electron chi connectivity index (χ2n) is 4.37. The summed E-state index contributed by atoms with van der Waals surface area (Å²) in [6, 6.07) is 8.92. The number of carboxylic acids is 1. The van der Waals surface area contributed by atoms with Crippen LogP contribution in [0, 0.1) is 0 Å². The fraction of sp³-hybridized carbons (Fsp3) is 0.462. The van der Waals surface area contributed by atoms with Crippen LogP contribution in [0.5, 0.6) is 0 Å². The van der Waals surface area contributed by atoms with Gasteiger partial charge in [0.1, 0.15) is 0 Å². The van der Waals surface area contributed by atoms with Gasteiger partial charge in [-0.1, -0.05) is 24.3 Å². The Balaban J connectivity index is 0.00000144. The van der Waals surface area contributed by atoms with E-state index in [-0.39, 0.29) is 18.8 Å². The highest BCUT2D eigenvalue weighted by molar-refractivity contribution is 5.85. The van der Waals surface area contributed by atoms with Crippen molar-refractivity contribution in [1.29, 1.82) is 0 Å². The number of benzene rings is 1. The molecule has 0 saturated heterocycles. The van der Waals surface area contributed by atoms with E-state index in [1.54, 1.807) is 0 Å². The van der Waals surface area contributed by atoms with E-state index < -0.39 is 5.97 Å². The van der Waals surface area contributed by atoms with Crippen LogP contribution in [0.4, 0.5) is 0 Å². The Bertz CT molecular complexity index is 360. The monoisotopic (exact) mass is 255 g/mol. The SMILES string of the molecule is Cl.O=C(O)CCc1ccc(CNC2CC2)cc1. The van der Waals surface area contributed by atoms with Gasteiger partial charge in [0, 0.05) is 19.0 Å². The van der Waals surface area contributed by atoms with Gasteiger partial charge in [-0.25, -0.2) is 0 Å². The molecular weight excluding hydrogens is 238 g/mol. The molecule has 0 atom stereocenters. The molecule has 0 bridgehead atoms. The Hall–Kier alpha value is -1.06. The third kappa shape index (κ3) is 5.20. The molecule has 0 aliphatic heterocycles. The Labute approximate surface area is 108 Å². The maximum atomic E-state index is 10.4. The van der Waals surface area contributed by atoms with Crippen molar-refractivity contribution in [3.8, 4) is 0 Å². The maximum absolute atomic E-state index is 10.4. The Morgan fingerprint density at radius 1 is 1.24 bits per heavy atom. The predicted molar refractivity (Wildman–Crippen MR) is 69.5 cm³/mol. The van der Waals surface area contributed by atoms with Gasteiger partial charge in [-0.2, -0.15) is 0 Å². The third-order valence-electron chi connectivity index (χ3n) is 2.82. The minimum absolute atomic E-state index is 0. The van der Waals surface area contributed by atoms with Gasteiger partial charge in [-0.15, -0.1) is 12.4 Å². The van der Waals surface area contributed by atoms with Gasteiger partial charge in [0.05, 0.1) is 0 Å². The molecule has 1 aliphatic rings. The average molecular weight is 256 g/mol. The van der Waals surface area contributed by atoms with E-state index in [4.69, 9.17) is 5.11 Å². The summed E-state index contributed by atoms with van der Waals surface area (Å²) in [4.78, 5) is 10.4. The number of hydrogen-bond acceptors (Lipinski definition) is 2. The van der Waals surface area contributed by atoms with Gasteiger partial charge < -0.3 is 10.4 Å². The highest BCUT2D eigenvalue weighted by Crippen LogP contribution is 2.19. The minimum atomic E-state index is -0.737. The molecule has 2 rings (SSSR count). The van der Waals surface area contributed by atoms with Crippen LogP contribution in [0.15, 0.2) is 24.3 Å². The molecule has 2 N–H and O–H groups in total. The van der Waals surface area contributed by atoms with Crippen LogP contribution in [-0.2, 0) is 17.8 Å². The standard InChI is InChI=1S/C13H17NO2.ClH/c15-13(16)8-5-10-1-3-11(4-2-10)9-14-12-6-7-12;/h1-4,12,14H,5-9H2,(H,15,16);1H. The lowest BCUT2D eigenvalue weighted by Crippen LogP contribution is -2.15. The lowest BCUT2D eigenvalue weighted by atomic mass is 10.1. The van der Waals surface area contributed by atoms with Crippen molar-refractivity contribution < 1.29 is 9.90 Å². The summed E-state index contributed by atoms with van der Waals surface area (Å²) in [6.07, 6.45) is 3.43. The van der Waals surface area contributed by atoms with E-state index >= 15 is 0 Å². The number of nitrogens with one attached hydrogen (secondary N) is 1. The first kappa shape index (κ1) is 14.0. The third-order valence-corrected chi connectivity index (χ3v) is 2.82. The van der Waals surface area contributed by atoms with E-state index in [0.717, 1.165) is 18.2 Å². The highest BCUT2D eigenvalue weighted by Gasteiger charge is 2.19. The first-order valence-electron chi connectivity index (χ1n) is 5.77. The molecule has 3 nitrogen and oxygen atoms in total. The van der Waals surface area contributed by atoms with Crippen LogP contribution in [0.25, 0.3) is 0 Å². The fourth-order valence-electron chi connectivity index (χ4n) is 1.62. The lowest BCUT2D eigenvalue weighted by molar-refractivity contribution is -0.136. The topological polar surface area (TPSA) is 49.3 Å². The number of halogens is 1. The molecule has 0 heterocycles. The van der Waals surface area contributed by atoms with Crippen molar-refractivity contribution in [2.45, 2.75) is 38.3 Å². The van der Waals surface area contributed by atoms with Crippen LogP contribution in [0.2, 0.25) is 0 Å². The quantitative estimate of drug-likeness (QED) is 0.821. The van der Waals surface area contributed by atoms with Crippen LogP contribution in [0.1, 0.15) is 30.4 Å². The number of carbonyl (C=O) groups is 1. The second-order valence-corrected chi connectivity index (χ2v) is 4.37. The molecule has 94 valence electrons. The highest BCUT2D eigenvalue weighted by atomic mass is 35.5. The molecular formula is C13H18ClNO2. The second kappa shape index (κ2) is 6.62. The molecule has 0 aromatic heterocycles. The van der Waals surface area contributed by atoms with E-state index in [0.29, 0.717) is 6.42 Å². The summed E-state index contributed by atoms with van der Waals surface area (Å²) < 4.78 is 0. The maximum Gasteiger partial charge on any atom is 0.303 e. The van der Waals surface area contributed by atoms with Gasteiger partial charge in [-0.3, -0.25) is 4.79 Å². The first-order valence-corrected chi connectivity index (χ1v) is 5.77. The summed E-state index contributed by atoms with van der Waals surface area (Å²) in [5.41, 5.74) is 2.36. The van der Waals surface area contributed by atoms with Crippen molar-refractivity contribution in [2.75, 3.05) is 0 Å². The van der Waals surface area contributed by atoms with E-state index in [9.17, 15) is 4.79 Å². The number of aryl methyl sites for hydroxylation is 1. The van der Waals surface area contributed by atoms with E-state index in [1.807, 2.05) is 12.1 Å². The molecule has 1 fully saturated rings. The largest absolute Gasteiger partial charge is 0.481 e. The Kier molecular flexibility index (Phi) is 5.45. The number of hydrogen-bond donors (Lipinski definition) is 2. The van der Waals surface area contributed by atoms with Crippen molar-refractivity contribution in [3.63, 3.8) is 0 Å². The molecule has 17 heavy (non-hydrogen) atoms. The predicted octanol–water partition coefficient (Wildman–Crippen LogP) is 2.38. The molecule has 0 amide bonds. The smallest absolute Gasteiger partial charge is 0.303 e. The summed E-state index contributed by atoms with van der Waals surface area (Å²) in [5, 5.41) is 12.0. The van der Waals surface area contributed by atoms with Gasteiger partial charge >= 0.3 is 5.97 Å². The molecule has 1 aromatic carbocycles. The zero-order chi connectivity index (χ0) is 11.4. The minimum Gasteiger partial charge on any atom is -0.481 e. The first-order chi connectivity index (χ1) is 7.74. The van der Waals surface area contributed by atoms with Gasteiger partial charge in [0.15, 0.2) is 0 Å². The van der Waals surface area contributed by atoms with E-state index in [1.165, 1.54) is 18.4 Å². The number of rotatable bonds is 6. The molecule has 0 unspecified atom stereocenters. The van der Waals surface area contributed by atoms with Crippen LogP contribution in [-0.4, -0.2) is 17.1 Å². The van der Waals surface area contributed by atoms with Crippen LogP contribution >= 0.6 is 12.4 Å². The normalized spacial score (nSPS) is 14.1. The molecule has 0 spiro atoms. The van der Waals surface area contributed by atoms with Crippen molar-refractivity contribution in [2.24, 2.45) is 0 Å². The molecule has 1 saturated carbocycles. The Morgan fingerprint density at radius 2 is 1.82 bits per heavy atom. The molecule has 4 heteroatoms. The van der Waals surface area contributed by atoms with Crippen LogP contribution < -0.4 is 5.32 Å². The van der Waals surface area contributed by atoms with Gasteiger partial charge in [-0.05, 0) is 30.4 Å².